The number of nitrogens with zero attached hydrogens (tertiary/aromatic N) is 1. The normalized spacial score (nSPS) is 11.9. The summed E-state index contributed by atoms with van der Waals surface area (Å²) >= 11 is 5.99. The largest absolute Gasteiger partial charge is 0.387 e. The zero-order chi connectivity index (χ0) is 13.0. The summed E-state index contributed by atoms with van der Waals surface area (Å²) in [4.78, 5) is 4.17. The highest BCUT2D eigenvalue weighted by Gasteiger charge is 2.06. The van der Waals surface area contributed by atoms with Crippen molar-refractivity contribution < 1.29 is 0 Å². The monoisotopic (exact) mass is 261 g/mol. The van der Waals surface area contributed by atoms with Crippen LogP contribution in [-0.2, 0) is 0 Å². The maximum Gasteiger partial charge on any atom is 0.0552 e. The highest BCUT2D eigenvalue weighted by atomic mass is 35.5. The van der Waals surface area contributed by atoms with Crippen LogP contribution < -0.4 is 10.6 Å². The first-order chi connectivity index (χ1) is 8.69. The predicted octanol–water partition coefficient (Wildman–Crippen LogP) is 3.95. The van der Waals surface area contributed by atoms with Gasteiger partial charge in [0.15, 0.2) is 0 Å². The number of halogens is 1. The molecule has 0 amide bonds. The van der Waals surface area contributed by atoms with Crippen molar-refractivity contribution in [2.24, 2.45) is 0 Å². The molecule has 2 N–H and O–H groups in total. The van der Waals surface area contributed by atoms with Gasteiger partial charge < -0.3 is 10.6 Å². The van der Waals surface area contributed by atoms with E-state index in [0.717, 1.165) is 22.0 Å². The highest BCUT2D eigenvalue weighted by molar-refractivity contribution is 6.30. The molecule has 0 saturated heterocycles. The standard InChI is InChI=1S/C14H16ClN3/c1-10(11-4-3-5-12(15)6-11)18-14-7-13(16-2)8-17-9-14/h3-10,16,18H,1-2H3. The van der Waals surface area contributed by atoms with Crippen molar-refractivity contribution in [3.05, 3.63) is 53.3 Å². The molecule has 0 radical (unpaired) electrons. The molecule has 2 rings (SSSR count). The Morgan fingerprint density at radius 2 is 1.94 bits per heavy atom. The van der Waals surface area contributed by atoms with E-state index in [0.29, 0.717) is 0 Å². The second-order valence-corrected chi connectivity index (χ2v) is 4.57. The third-order valence-corrected chi connectivity index (χ3v) is 2.99. The van der Waals surface area contributed by atoms with Crippen LogP contribution in [0.3, 0.4) is 0 Å². The van der Waals surface area contributed by atoms with Gasteiger partial charge in [0.1, 0.15) is 0 Å². The van der Waals surface area contributed by atoms with Crippen LogP contribution in [0.25, 0.3) is 0 Å². The number of aromatic nitrogens is 1. The zero-order valence-electron chi connectivity index (χ0n) is 10.4. The van der Waals surface area contributed by atoms with Gasteiger partial charge in [0.2, 0.25) is 0 Å². The van der Waals surface area contributed by atoms with Gasteiger partial charge in [-0.1, -0.05) is 23.7 Å². The minimum atomic E-state index is 0.178. The summed E-state index contributed by atoms with van der Waals surface area (Å²) in [5.41, 5.74) is 3.12. The molecule has 1 unspecified atom stereocenters. The Kier molecular flexibility index (Phi) is 4.05. The van der Waals surface area contributed by atoms with Crippen LogP contribution in [0.4, 0.5) is 11.4 Å². The second-order valence-electron chi connectivity index (χ2n) is 4.13. The van der Waals surface area contributed by atoms with Crippen LogP contribution in [0.15, 0.2) is 42.7 Å². The molecule has 1 aromatic heterocycles. The molecule has 0 bridgehead atoms. The highest BCUT2D eigenvalue weighted by Crippen LogP contribution is 2.22. The molecule has 0 spiro atoms. The van der Waals surface area contributed by atoms with Gasteiger partial charge in [0, 0.05) is 18.1 Å². The van der Waals surface area contributed by atoms with Crippen molar-refractivity contribution in [1.29, 1.82) is 0 Å². The van der Waals surface area contributed by atoms with Crippen molar-refractivity contribution >= 4 is 23.0 Å². The van der Waals surface area contributed by atoms with Crippen LogP contribution in [0.2, 0.25) is 5.02 Å². The Bertz CT molecular complexity index is 528. The number of nitrogens with one attached hydrogen (secondary N) is 2. The van der Waals surface area contributed by atoms with Gasteiger partial charge in [-0.05, 0) is 30.7 Å². The molecular weight excluding hydrogens is 246 g/mol. The van der Waals surface area contributed by atoms with Gasteiger partial charge in [-0.15, -0.1) is 0 Å². The maximum absolute atomic E-state index is 5.99. The van der Waals surface area contributed by atoms with Crippen LogP contribution in [0.5, 0.6) is 0 Å². The SMILES string of the molecule is CNc1cncc(NC(C)c2cccc(Cl)c2)c1. The Hall–Kier alpha value is -1.74. The number of rotatable bonds is 4. The first-order valence-corrected chi connectivity index (χ1v) is 6.21. The maximum atomic E-state index is 5.99. The van der Waals surface area contributed by atoms with E-state index in [1.54, 1.807) is 6.20 Å². The van der Waals surface area contributed by atoms with E-state index in [4.69, 9.17) is 11.6 Å². The van der Waals surface area contributed by atoms with Crippen molar-refractivity contribution in [2.45, 2.75) is 13.0 Å². The third-order valence-electron chi connectivity index (χ3n) is 2.76. The third kappa shape index (κ3) is 3.14. The summed E-state index contributed by atoms with van der Waals surface area (Å²) in [7, 11) is 1.88. The molecule has 0 aliphatic carbocycles. The zero-order valence-corrected chi connectivity index (χ0v) is 11.2. The molecular formula is C14H16ClN3. The minimum Gasteiger partial charge on any atom is -0.387 e. The summed E-state index contributed by atoms with van der Waals surface area (Å²) in [5, 5.41) is 7.22. The quantitative estimate of drug-likeness (QED) is 0.875. The smallest absolute Gasteiger partial charge is 0.0552 e. The predicted molar refractivity (Wildman–Crippen MR) is 77.3 cm³/mol. The molecule has 94 valence electrons. The Labute approximate surface area is 112 Å². The van der Waals surface area contributed by atoms with Gasteiger partial charge >= 0.3 is 0 Å². The van der Waals surface area contributed by atoms with Crippen LogP contribution in [-0.4, -0.2) is 12.0 Å². The van der Waals surface area contributed by atoms with E-state index >= 15 is 0 Å². The summed E-state index contributed by atoms with van der Waals surface area (Å²) < 4.78 is 0. The molecule has 0 aliphatic heterocycles. The molecule has 0 fully saturated rings. The van der Waals surface area contributed by atoms with Gasteiger partial charge in [0.25, 0.3) is 0 Å². The fourth-order valence-corrected chi connectivity index (χ4v) is 1.96. The fraction of sp³-hybridized carbons (Fsp3) is 0.214. The minimum absolute atomic E-state index is 0.178. The average Bonchev–Trinajstić information content (AvgIpc) is 2.39. The topological polar surface area (TPSA) is 37.0 Å². The van der Waals surface area contributed by atoms with Gasteiger partial charge in [-0.2, -0.15) is 0 Å². The number of hydrogen-bond donors (Lipinski definition) is 2. The van der Waals surface area contributed by atoms with E-state index in [1.165, 1.54) is 0 Å². The summed E-state index contributed by atoms with van der Waals surface area (Å²) in [5.74, 6) is 0. The molecule has 0 aliphatic rings. The fourth-order valence-electron chi connectivity index (χ4n) is 1.76. The van der Waals surface area contributed by atoms with E-state index in [1.807, 2.05) is 37.5 Å². The lowest BCUT2D eigenvalue weighted by Gasteiger charge is -2.16. The summed E-state index contributed by atoms with van der Waals surface area (Å²) in [6.45, 7) is 2.09. The summed E-state index contributed by atoms with van der Waals surface area (Å²) in [6.07, 6.45) is 3.59. The van der Waals surface area contributed by atoms with Crippen molar-refractivity contribution in [3.63, 3.8) is 0 Å². The lowest BCUT2D eigenvalue weighted by Crippen LogP contribution is -2.07. The molecule has 1 atom stereocenters. The van der Waals surface area contributed by atoms with Gasteiger partial charge in [-0.25, -0.2) is 0 Å². The molecule has 18 heavy (non-hydrogen) atoms. The first kappa shape index (κ1) is 12.7. The first-order valence-electron chi connectivity index (χ1n) is 5.84. The van der Waals surface area contributed by atoms with Crippen LogP contribution in [0.1, 0.15) is 18.5 Å². The second kappa shape index (κ2) is 5.74. The molecule has 1 aromatic carbocycles. The van der Waals surface area contributed by atoms with E-state index in [9.17, 15) is 0 Å². The van der Waals surface area contributed by atoms with Gasteiger partial charge in [-0.3, -0.25) is 4.98 Å². The number of pyridine rings is 1. The van der Waals surface area contributed by atoms with E-state index < -0.39 is 0 Å². The van der Waals surface area contributed by atoms with Crippen molar-refractivity contribution in [2.75, 3.05) is 17.7 Å². The number of hydrogen-bond acceptors (Lipinski definition) is 3. The van der Waals surface area contributed by atoms with Crippen molar-refractivity contribution in [1.82, 2.24) is 4.98 Å². The molecule has 3 nitrogen and oxygen atoms in total. The molecule has 2 aromatic rings. The molecule has 0 saturated carbocycles. The number of benzene rings is 1. The lowest BCUT2D eigenvalue weighted by molar-refractivity contribution is 0.883. The van der Waals surface area contributed by atoms with Crippen LogP contribution >= 0.6 is 11.6 Å². The van der Waals surface area contributed by atoms with E-state index in [-0.39, 0.29) is 6.04 Å². The Morgan fingerprint density at radius 3 is 2.67 bits per heavy atom. The van der Waals surface area contributed by atoms with Crippen LogP contribution in [0, 0.1) is 0 Å². The number of anilines is 2. The lowest BCUT2D eigenvalue weighted by atomic mass is 10.1. The molecule has 4 heteroatoms. The van der Waals surface area contributed by atoms with Gasteiger partial charge in [0.05, 0.1) is 23.8 Å². The Morgan fingerprint density at radius 1 is 1.17 bits per heavy atom. The summed E-state index contributed by atoms with van der Waals surface area (Å²) in [6, 6.07) is 10.1. The average molecular weight is 262 g/mol. The molecule has 1 heterocycles. The van der Waals surface area contributed by atoms with E-state index in [2.05, 4.69) is 28.6 Å². The Balaban J connectivity index is 2.13. The van der Waals surface area contributed by atoms with Crippen molar-refractivity contribution in [3.8, 4) is 0 Å².